The standard InChI is InChI=1S/C11H14N2O2S2/c1-7(2)5-8-3-4-10-9(6-8)13-11(16-10)17(12,14)15/h3-4,6-7H,5H2,1-2H3,(H2,12,14,15). The summed E-state index contributed by atoms with van der Waals surface area (Å²) in [5.41, 5.74) is 1.87. The van der Waals surface area contributed by atoms with Gasteiger partial charge in [-0.3, -0.25) is 0 Å². The Morgan fingerprint density at radius 3 is 2.71 bits per heavy atom. The van der Waals surface area contributed by atoms with Crippen LogP contribution in [0.2, 0.25) is 0 Å². The Balaban J connectivity index is 2.48. The Bertz CT molecular complexity index is 645. The third kappa shape index (κ3) is 2.83. The maximum atomic E-state index is 11.2. The minimum atomic E-state index is -3.69. The molecule has 92 valence electrons. The van der Waals surface area contributed by atoms with Crippen molar-refractivity contribution in [2.75, 3.05) is 0 Å². The fourth-order valence-corrected chi connectivity index (χ4v) is 3.31. The highest BCUT2D eigenvalue weighted by atomic mass is 32.2. The van der Waals surface area contributed by atoms with E-state index in [0.29, 0.717) is 11.4 Å². The van der Waals surface area contributed by atoms with Crippen LogP contribution in [0.4, 0.5) is 0 Å². The molecule has 0 aliphatic rings. The summed E-state index contributed by atoms with van der Waals surface area (Å²) in [6.07, 6.45) is 0.957. The first-order chi connectivity index (χ1) is 7.86. The normalized spacial score (nSPS) is 12.5. The highest BCUT2D eigenvalue weighted by Crippen LogP contribution is 2.26. The highest BCUT2D eigenvalue weighted by molar-refractivity contribution is 7.91. The number of nitrogens with two attached hydrogens (primary N) is 1. The van der Waals surface area contributed by atoms with Crippen LogP contribution >= 0.6 is 11.3 Å². The van der Waals surface area contributed by atoms with Gasteiger partial charge in [-0.1, -0.05) is 19.9 Å². The molecule has 0 aliphatic heterocycles. The molecule has 6 heteroatoms. The lowest BCUT2D eigenvalue weighted by Gasteiger charge is -2.03. The molecule has 0 spiro atoms. The van der Waals surface area contributed by atoms with E-state index in [1.54, 1.807) is 0 Å². The van der Waals surface area contributed by atoms with Crippen LogP contribution in [-0.2, 0) is 16.4 Å². The second-order valence-electron chi connectivity index (χ2n) is 4.42. The summed E-state index contributed by atoms with van der Waals surface area (Å²) in [6.45, 7) is 4.28. The Morgan fingerprint density at radius 2 is 2.12 bits per heavy atom. The number of primary sulfonamides is 1. The van der Waals surface area contributed by atoms with E-state index in [1.165, 1.54) is 5.56 Å². The molecule has 0 atom stereocenters. The molecule has 0 bridgehead atoms. The molecule has 1 aromatic heterocycles. The lowest BCUT2D eigenvalue weighted by atomic mass is 10.0. The molecule has 2 aromatic rings. The quantitative estimate of drug-likeness (QED) is 0.928. The summed E-state index contributed by atoms with van der Waals surface area (Å²) in [5.74, 6) is 0.559. The average molecular weight is 270 g/mol. The molecule has 0 radical (unpaired) electrons. The van der Waals surface area contributed by atoms with Crippen LogP contribution in [0, 0.1) is 5.92 Å². The molecule has 1 heterocycles. The van der Waals surface area contributed by atoms with Crippen LogP contribution in [0.1, 0.15) is 19.4 Å². The maximum absolute atomic E-state index is 11.2. The molecule has 0 saturated heterocycles. The first-order valence-corrected chi connectivity index (χ1v) is 7.65. The van der Waals surface area contributed by atoms with Crippen LogP contribution in [0.25, 0.3) is 10.2 Å². The number of sulfonamides is 1. The number of rotatable bonds is 3. The number of hydrogen-bond acceptors (Lipinski definition) is 4. The number of aromatic nitrogens is 1. The van der Waals surface area contributed by atoms with E-state index in [0.717, 1.165) is 22.5 Å². The first-order valence-electron chi connectivity index (χ1n) is 5.28. The lowest BCUT2D eigenvalue weighted by Crippen LogP contribution is -2.11. The van der Waals surface area contributed by atoms with Crippen molar-refractivity contribution in [1.82, 2.24) is 4.98 Å². The Hall–Kier alpha value is -0.980. The molecule has 17 heavy (non-hydrogen) atoms. The van der Waals surface area contributed by atoms with Crippen molar-refractivity contribution in [3.05, 3.63) is 23.8 Å². The van der Waals surface area contributed by atoms with Gasteiger partial charge in [-0.15, -0.1) is 11.3 Å². The molecule has 0 saturated carbocycles. The van der Waals surface area contributed by atoms with Crippen LogP contribution in [-0.4, -0.2) is 13.4 Å². The maximum Gasteiger partial charge on any atom is 0.265 e. The van der Waals surface area contributed by atoms with Crippen molar-refractivity contribution < 1.29 is 8.42 Å². The van der Waals surface area contributed by atoms with Gasteiger partial charge in [-0.25, -0.2) is 18.5 Å². The van der Waals surface area contributed by atoms with Crippen LogP contribution in [0.15, 0.2) is 22.5 Å². The first kappa shape index (κ1) is 12.5. The van der Waals surface area contributed by atoms with E-state index in [2.05, 4.69) is 18.8 Å². The Morgan fingerprint density at radius 1 is 1.41 bits per heavy atom. The lowest BCUT2D eigenvalue weighted by molar-refractivity contribution is 0.597. The Labute approximate surface area is 105 Å². The van der Waals surface area contributed by atoms with E-state index >= 15 is 0 Å². The summed E-state index contributed by atoms with van der Waals surface area (Å²) in [7, 11) is -3.69. The molecular formula is C11H14N2O2S2. The van der Waals surface area contributed by atoms with Gasteiger partial charge >= 0.3 is 0 Å². The predicted molar refractivity (Wildman–Crippen MR) is 69.5 cm³/mol. The van der Waals surface area contributed by atoms with E-state index in [9.17, 15) is 8.42 Å². The van der Waals surface area contributed by atoms with Crippen LogP contribution in [0.5, 0.6) is 0 Å². The fourth-order valence-electron chi connectivity index (χ4n) is 1.67. The zero-order valence-electron chi connectivity index (χ0n) is 9.67. The van der Waals surface area contributed by atoms with Gasteiger partial charge in [0, 0.05) is 0 Å². The van der Waals surface area contributed by atoms with Gasteiger partial charge in [-0.05, 0) is 30.0 Å². The third-order valence-electron chi connectivity index (χ3n) is 2.32. The molecule has 2 rings (SSSR count). The summed E-state index contributed by atoms with van der Waals surface area (Å²) >= 11 is 1.11. The van der Waals surface area contributed by atoms with Crippen molar-refractivity contribution in [2.45, 2.75) is 24.6 Å². The second-order valence-corrected chi connectivity index (χ2v) is 7.19. The molecule has 0 unspecified atom stereocenters. The van der Waals surface area contributed by atoms with Gasteiger partial charge in [0.05, 0.1) is 10.2 Å². The average Bonchev–Trinajstić information content (AvgIpc) is 2.58. The van der Waals surface area contributed by atoms with E-state index < -0.39 is 10.0 Å². The summed E-state index contributed by atoms with van der Waals surface area (Å²) in [4.78, 5) is 4.06. The van der Waals surface area contributed by atoms with Gasteiger partial charge in [0.2, 0.25) is 4.34 Å². The predicted octanol–water partition coefficient (Wildman–Crippen LogP) is 2.14. The monoisotopic (exact) mass is 270 g/mol. The second kappa shape index (κ2) is 4.36. The molecule has 2 N–H and O–H groups in total. The highest BCUT2D eigenvalue weighted by Gasteiger charge is 2.14. The zero-order chi connectivity index (χ0) is 12.6. The summed E-state index contributed by atoms with van der Waals surface area (Å²) in [5, 5.41) is 5.06. The summed E-state index contributed by atoms with van der Waals surface area (Å²) < 4.78 is 23.2. The van der Waals surface area contributed by atoms with Gasteiger partial charge < -0.3 is 0 Å². The minimum absolute atomic E-state index is 0.0193. The third-order valence-corrected chi connectivity index (χ3v) is 4.68. The van der Waals surface area contributed by atoms with Gasteiger partial charge in [0.15, 0.2) is 0 Å². The number of nitrogens with zero attached hydrogens (tertiary/aromatic N) is 1. The Kier molecular flexibility index (Phi) is 3.20. The minimum Gasteiger partial charge on any atom is -0.224 e. The SMILES string of the molecule is CC(C)Cc1ccc2sc(S(N)(=O)=O)nc2c1. The number of thiazole rings is 1. The smallest absolute Gasteiger partial charge is 0.224 e. The van der Waals surface area contributed by atoms with Crippen LogP contribution < -0.4 is 5.14 Å². The van der Waals surface area contributed by atoms with Crippen molar-refractivity contribution >= 4 is 31.6 Å². The van der Waals surface area contributed by atoms with Crippen molar-refractivity contribution in [3.8, 4) is 0 Å². The number of fused-ring (bicyclic) bond motifs is 1. The van der Waals surface area contributed by atoms with E-state index in [-0.39, 0.29) is 4.34 Å². The molecule has 4 nitrogen and oxygen atoms in total. The topological polar surface area (TPSA) is 73.1 Å². The number of hydrogen-bond donors (Lipinski definition) is 1. The molecule has 0 aliphatic carbocycles. The number of benzene rings is 1. The van der Waals surface area contributed by atoms with E-state index in [1.807, 2.05) is 18.2 Å². The fraction of sp³-hybridized carbons (Fsp3) is 0.364. The zero-order valence-corrected chi connectivity index (χ0v) is 11.3. The molecular weight excluding hydrogens is 256 g/mol. The van der Waals surface area contributed by atoms with Gasteiger partial charge in [0.1, 0.15) is 0 Å². The van der Waals surface area contributed by atoms with E-state index in [4.69, 9.17) is 5.14 Å². The molecule has 0 fully saturated rings. The van der Waals surface area contributed by atoms with Gasteiger partial charge in [-0.2, -0.15) is 0 Å². The van der Waals surface area contributed by atoms with Crippen molar-refractivity contribution in [3.63, 3.8) is 0 Å². The van der Waals surface area contributed by atoms with Gasteiger partial charge in [0.25, 0.3) is 10.0 Å². The van der Waals surface area contributed by atoms with Crippen molar-refractivity contribution in [1.29, 1.82) is 0 Å². The summed E-state index contributed by atoms with van der Waals surface area (Å²) in [6, 6.07) is 5.84. The van der Waals surface area contributed by atoms with Crippen molar-refractivity contribution in [2.24, 2.45) is 11.1 Å². The molecule has 0 amide bonds. The molecule has 1 aromatic carbocycles. The largest absolute Gasteiger partial charge is 0.265 e. The van der Waals surface area contributed by atoms with Crippen LogP contribution in [0.3, 0.4) is 0 Å².